The van der Waals surface area contributed by atoms with E-state index in [1.54, 1.807) is 0 Å². The van der Waals surface area contributed by atoms with Crippen LogP contribution in [0.1, 0.15) is 5.69 Å². The number of benzene rings is 4. The van der Waals surface area contributed by atoms with E-state index in [-0.39, 0.29) is 0 Å². The van der Waals surface area contributed by atoms with Gasteiger partial charge in [0, 0.05) is 28.1 Å². The summed E-state index contributed by atoms with van der Waals surface area (Å²) in [5.74, 6) is 1.66. The van der Waals surface area contributed by atoms with Gasteiger partial charge >= 0.3 is 0 Å². The molecule has 4 nitrogen and oxygen atoms in total. The molecule has 0 aliphatic heterocycles. The molecule has 4 heteroatoms. The van der Waals surface area contributed by atoms with Crippen molar-refractivity contribution in [3.05, 3.63) is 121 Å². The predicted molar refractivity (Wildman–Crippen MR) is 138 cm³/mol. The Balaban J connectivity index is 1.43. The standard InChI is InChI=1S/C30H22N4/c1-21-20-27(32-29(31-21)23-10-4-2-5-11-23)22-16-18-24(19-17-22)30-33-26-14-8-9-15-28(26)34(30)25-12-6-3-7-13-25/h2-20H,1H3. The van der Waals surface area contributed by atoms with Crippen LogP contribution in [0.2, 0.25) is 0 Å². The molecule has 0 fully saturated rings. The van der Waals surface area contributed by atoms with Gasteiger partial charge < -0.3 is 0 Å². The van der Waals surface area contributed by atoms with Gasteiger partial charge in [-0.3, -0.25) is 4.57 Å². The van der Waals surface area contributed by atoms with E-state index in [1.165, 1.54) is 0 Å². The van der Waals surface area contributed by atoms with Gasteiger partial charge in [0.15, 0.2) is 5.82 Å². The highest BCUT2D eigenvalue weighted by molar-refractivity contribution is 5.83. The minimum absolute atomic E-state index is 0.741. The van der Waals surface area contributed by atoms with E-state index in [0.29, 0.717) is 0 Å². The smallest absolute Gasteiger partial charge is 0.160 e. The SMILES string of the molecule is Cc1cc(-c2ccc(-c3nc4ccccc4n3-c3ccccc3)cc2)nc(-c2ccccc2)n1. The second-order valence-electron chi connectivity index (χ2n) is 8.26. The molecular formula is C30H22N4. The Hall–Kier alpha value is -4.57. The second kappa shape index (κ2) is 8.41. The lowest BCUT2D eigenvalue weighted by atomic mass is 10.1. The van der Waals surface area contributed by atoms with Crippen molar-refractivity contribution >= 4 is 11.0 Å². The van der Waals surface area contributed by atoms with Crippen LogP contribution in [0.25, 0.3) is 50.8 Å². The molecule has 6 aromatic rings. The topological polar surface area (TPSA) is 43.6 Å². The highest BCUT2D eigenvalue weighted by Gasteiger charge is 2.14. The zero-order chi connectivity index (χ0) is 22.9. The van der Waals surface area contributed by atoms with Crippen molar-refractivity contribution in [1.29, 1.82) is 0 Å². The molecule has 0 saturated heterocycles. The van der Waals surface area contributed by atoms with Crippen LogP contribution in [0.3, 0.4) is 0 Å². The lowest BCUT2D eigenvalue weighted by Crippen LogP contribution is -1.97. The predicted octanol–water partition coefficient (Wildman–Crippen LogP) is 7.12. The summed E-state index contributed by atoms with van der Waals surface area (Å²) >= 11 is 0. The van der Waals surface area contributed by atoms with Crippen LogP contribution >= 0.6 is 0 Å². The molecule has 0 amide bonds. The van der Waals surface area contributed by atoms with Crippen LogP contribution in [-0.4, -0.2) is 19.5 Å². The Kier molecular flexibility index (Phi) is 4.96. The van der Waals surface area contributed by atoms with E-state index >= 15 is 0 Å². The molecule has 0 spiro atoms. The van der Waals surface area contributed by atoms with Crippen molar-refractivity contribution in [2.24, 2.45) is 0 Å². The van der Waals surface area contributed by atoms with Gasteiger partial charge in [0.2, 0.25) is 0 Å². The summed E-state index contributed by atoms with van der Waals surface area (Å²) in [5, 5.41) is 0. The van der Waals surface area contributed by atoms with Crippen LogP contribution in [0.4, 0.5) is 0 Å². The van der Waals surface area contributed by atoms with E-state index in [1.807, 2.05) is 55.5 Å². The minimum atomic E-state index is 0.741. The molecule has 0 aliphatic rings. The van der Waals surface area contributed by atoms with Crippen molar-refractivity contribution < 1.29 is 0 Å². The molecule has 0 atom stereocenters. The summed E-state index contributed by atoms with van der Waals surface area (Å²) in [6.07, 6.45) is 0. The molecule has 0 saturated carbocycles. The first-order valence-electron chi connectivity index (χ1n) is 11.3. The van der Waals surface area contributed by atoms with Crippen molar-refractivity contribution in [2.75, 3.05) is 0 Å². The molecule has 2 aromatic heterocycles. The summed E-state index contributed by atoms with van der Waals surface area (Å²) in [5.41, 5.74) is 8.13. The molecule has 4 aromatic carbocycles. The van der Waals surface area contributed by atoms with E-state index < -0.39 is 0 Å². The van der Waals surface area contributed by atoms with Crippen LogP contribution in [0.15, 0.2) is 115 Å². The molecule has 0 bridgehead atoms. The molecule has 0 radical (unpaired) electrons. The molecule has 2 heterocycles. The number of para-hydroxylation sites is 3. The Morgan fingerprint density at radius 1 is 0.559 bits per heavy atom. The highest BCUT2D eigenvalue weighted by atomic mass is 15.1. The van der Waals surface area contributed by atoms with Crippen molar-refractivity contribution in [3.63, 3.8) is 0 Å². The fraction of sp³-hybridized carbons (Fsp3) is 0.0333. The molecule has 6 rings (SSSR count). The third-order valence-electron chi connectivity index (χ3n) is 5.90. The number of aromatic nitrogens is 4. The first kappa shape index (κ1) is 20.1. The first-order chi connectivity index (χ1) is 16.8. The van der Waals surface area contributed by atoms with Gasteiger partial charge in [0.05, 0.1) is 16.7 Å². The number of hydrogen-bond donors (Lipinski definition) is 0. The van der Waals surface area contributed by atoms with Gasteiger partial charge in [0.1, 0.15) is 5.82 Å². The second-order valence-corrected chi connectivity index (χ2v) is 8.26. The highest BCUT2D eigenvalue weighted by Crippen LogP contribution is 2.30. The number of rotatable bonds is 4. The summed E-state index contributed by atoms with van der Waals surface area (Å²) < 4.78 is 2.21. The first-order valence-corrected chi connectivity index (χ1v) is 11.3. The number of nitrogens with zero attached hydrogens (tertiary/aromatic N) is 4. The monoisotopic (exact) mass is 438 g/mol. The van der Waals surface area contributed by atoms with E-state index in [2.05, 4.69) is 76.3 Å². The fourth-order valence-electron chi connectivity index (χ4n) is 4.28. The molecule has 0 aliphatic carbocycles. The van der Waals surface area contributed by atoms with Gasteiger partial charge in [-0.25, -0.2) is 15.0 Å². The average Bonchev–Trinajstić information content (AvgIpc) is 3.29. The number of fused-ring (bicyclic) bond motifs is 1. The van der Waals surface area contributed by atoms with E-state index in [4.69, 9.17) is 9.97 Å². The normalized spacial score (nSPS) is 11.1. The third kappa shape index (κ3) is 3.65. The average molecular weight is 439 g/mol. The van der Waals surface area contributed by atoms with E-state index in [0.717, 1.165) is 56.4 Å². The van der Waals surface area contributed by atoms with Gasteiger partial charge in [-0.1, -0.05) is 84.9 Å². The van der Waals surface area contributed by atoms with Crippen molar-refractivity contribution in [2.45, 2.75) is 6.92 Å². The van der Waals surface area contributed by atoms with Gasteiger partial charge in [-0.05, 0) is 37.3 Å². The minimum Gasteiger partial charge on any atom is -0.292 e. The maximum absolute atomic E-state index is 4.97. The van der Waals surface area contributed by atoms with Crippen molar-refractivity contribution in [3.8, 4) is 39.7 Å². The Morgan fingerprint density at radius 3 is 1.97 bits per heavy atom. The van der Waals surface area contributed by atoms with E-state index in [9.17, 15) is 0 Å². The number of hydrogen-bond acceptors (Lipinski definition) is 3. The molecule has 162 valence electrons. The lowest BCUT2D eigenvalue weighted by Gasteiger charge is -2.10. The summed E-state index contributed by atoms with van der Waals surface area (Å²) in [6, 6.07) is 39.2. The molecule has 0 N–H and O–H groups in total. The number of imidazole rings is 1. The van der Waals surface area contributed by atoms with Crippen LogP contribution in [-0.2, 0) is 0 Å². The summed E-state index contributed by atoms with van der Waals surface area (Å²) in [4.78, 5) is 14.5. The van der Waals surface area contributed by atoms with Gasteiger partial charge in [-0.15, -0.1) is 0 Å². The quantitative estimate of drug-likeness (QED) is 0.294. The third-order valence-corrected chi connectivity index (χ3v) is 5.90. The molecular weight excluding hydrogens is 416 g/mol. The van der Waals surface area contributed by atoms with Gasteiger partial charge in [0.25, 0.3) is 0 Å². The van der Waals surface area contributed by atoms with Gasteiger partial charge in [-0.2, -0.15) is 0 Å². The molecule has 34 heavy (non-hydrogen) atoms. The Labute approximate surface area is 198 Å². The maximum Gasteiger partial charge on any atom is 0.160 e. The summed E-state index contributed by atoms with van der Waals surface area (Å²) in [7, 11) is 0. The Bertz CT molecular complexity index is 1580. The largest absolute Gasteiger partial charge is 0.292 e. The number of aryl methyl sites for hydroxylation is 1. The maximum atomic E-state index is 4.97. The Morgan fingerprint density at radius 2 is 1.21 bits per heavy atom. The lowest BCUT2D eigenvalue weighted by molar-refractivity contribution is 1.10. The van der Waals surface area contributed by atoms with Crippen molar-refractivity contribution in [1.82, 2.24) is 19.5 Å². The summed E-state index contributed by atoms with van der Waals surface area (Å²) in [6.45, 7) is 2.01. The zero-order valence-electron chi connectivity index (χ0n) is 18.8. The van der Waals surface area contributed by atoms with Crippen LogP contribution in [0.5, 0.6) is 0 Å². The van der Waals surface area contributed by atoms with Crippen LogP contribution in [0, 0.1) is 6.92 Å². The van der Waals surface area contributed by atoms with Crippen LogP contribution < -0.4 is 0 Å². The molecule has 0 unspecified atom stereocenters. The fourth-order valence-corrected chi connectivity index (χ4v) is 4.28. The zero-order valence-corrected chi connectivity index (χ0v) is 18.8.